The molecule has 0 saturated heterocycles. The molecule has 0 amide bonds. The van der Waals surface area contributed by atoms with Crippen LogP contribution in [-0.4, -0.2) is 26.8 Å². The number of phenols is 1. The second-order valence-corrected chi connectivity index (χ2v) is 5.58. The van der Waals surface area contributed by atoms with E-state index in [0.717, 1.165) is 16.4 Å². The van der Waals surface area contributed by atoms with Crippen molar-refractivity contribution in [2.24, 2.45) is 4.99 Å². The lowest BCUT2D eigenvalue weighted by Crippen LogP contribution is -2.20. The standard InChI is InChI=1S/C15H12N2O2S/c1-9(17-10-4-6-11(18)7-5-10)14-13(19)12-3-2-8-16-15(12)20-14/h2-8,14,18H,1H3. The summed E-state index contributed by atoms with van der Waals surface area (Å²) in [7, 11) is 0. The highest BCUT2D eigenvalue weighted by Crippen LogP contribution is 2.36. The summed E-state index contributed by atoms with van der Waals surface area (Å²) in [5.41, 5.74) is 2.13. The molecular formula is C15H12N2O2S. The van der Waals surface area contributed by atoms with Gasteiger partial charge in [0.05, 0.1) is 11.3 Å². The summed E-state index contributed by atoms with van der Waals surface area (Å²) in [6, 6.07) is 10.2. The van der Waals surface area contributed by atoms with Crippen LogP contribution in [0.15, 0.2) is 52.6 Å². The molecule has 1 aromatic carbocycles. The van der Waals surface area contributed by atoms with Crippen LogP contribution in [0.25, 0.3) is 0 Å². The number of rotatable bonds is 2. The van der Waals surface area contributed by atoms with E-state index in [2.05, 4.69) is 9.98 Å². The third-order valence-corrected chi connectivity index (χ3v) is 4.38. The number of phenolic OH excluding ortho intramolecular Hbond substituents is 1. The van der Waals surface area contributed by atoms with Crippen molar-refractivity contribution in [3.8, 4) is 5.75 Å². The van der Waals surface area contributed by atoms with Crippen LogP contribution in [0.4, 0.5) is 5.69 Å². The summed E-state index contributed by atoms with van der Waals surface area (Å²) in [6.45, 7) is 1.84. The summed E-state index contributed by atoms with van der Waals surface area (Å²) < 4.78 is 0. The van der Waals surface area contributed by atoms with Crippen LogP contribution in [-0.2, 0) is 0 Å². The Morgan fingerprint density at radius 3 is 2.75 bits per heavy atom. The lowest BCUT2D eigenvalue weighted by molar-refractivity contribution is 0.101. The van der Waals surface area contributed by atoms with Crippen LogP contribution in [0.5, 0.6) is 5.75 Å². The van der Waals surface area contributed by atoms with Gasteiger partial charge in [-0.05, 0) is 43.3 Å². The Kier molecular flexibility index (Phi) is 3.28. The molecule has 0 spiro atoms. The Bertz CT molecular complexity index is 695. The van der Waals surface area contributed by atoms with E-state index in [9.17, 15) is 9.90 Å². The fourth-order valence-electron chi connectivity index (χ4n) is 2.04. The fourth-order valence-corrected chi connectivity index (χ4v) is 3.14. The topological polar surface area (TPSA) is 62.6 Å². The molecule has 20 heavy (non-hydrogen) atoms. The van der Waals surface area contributed by atoms with E-state index in [4.69, 9.17) is 0 Å². The van der Waals surface area contributed by atoms with Gasteiger partial charge in [0.1, 0.15) is 16.0 Å². The zero-order chi connectivity index (χ0) is 14.1. The van der Waals surface area contributed by atoms with Crippen LogP contribution in [0.3, 0.4) is 0 Å². The zero-order valence-corrected chi connectivity index (χ0v) is 11.6. The van der Waals surface area contributed by atoms with Crippen LogP contribution >= 0.6 is 11.8 Å². The van der Waals surface area contributed by atoms with Crippen LogP contribution in [0.1, 0.15) is 17.3 Å². The number of hydrogen-bond acceptors (Lipinski definition) is 5. The van der Waals surface area contributed by atoms with Gasteiger partial charge in [-0.15, -0.1) is 0 Å². The number of aromatic hydroxyl groups is 1. The minimum Gasteiger partial charge on any atom is -0.508 e. The van der Waals surface area contributed by atoms with E-state index in [1.165, 1.54) is 11.8 Å². The minimum atomic E-state index is -0.311. The summed E-state index contributed by atoms with van der Waals surface area (Å²) in [5, 5.41) is 9.70. The van der Waals surface area contributed by atoms with Gasteiger partial charge in [-0.3, -0.25) is 9.79 Å². The number of aromatic nitrogens is 1. The molecule has 1 N–H and O–H groups in total. The molecule has 1 unspecified atom stereocenters. The zero-order valence-electron chi connectivity index (χ0n) is 10.8. The number of aliphatic imine (C=N–C) groups is 1. The fraction of sp³-hybridized carbons (Fsp3) is 0.133. The van der Waals surface area contributed by atoms with Crippen molar-refractivity contribution in [2.45, 2.75) is 17.2 Å². The molecule has 2 heterocycles. The number of ketones is 1. The smallest absolute Gasteiger partial charge is 0.184 e. The molecule has 3 rings (SSSR count). The second kappa shape index (κ2) is 5.09. The van der Waals surface area contributed by atoms with Crippen molar-refractivity contribution in [3.63, 3.8) is 0 Å². The molecule has 1 aromatic heterocycles. The van der Waals surface area contributed by atoms with Crippen molar-refractivity contribution in [1.29, 1.82) is 0 Å². The molecule has 0 bridgehead atoms. The first-order valence-electron chi connectivity index (χ1n) is 6.15. The van der Waals surface area contributed by atoms with E-state index in [1.54, 1.807) is 42.6 Å². The predicted molar refractivity (Wildman–Crippen MR) is 79.1 cm³/mol. The summed E-state index contributed by atoms with van der Waals surface area (Å²) in [6.07, 6.45) is 1.69. The average molecular weight is 284 g/mol. The van der Waals surface area contributed by atoms with Crippen molar-refractivity contribution >= 4 is 28.9 Å². The van der Waals surface area contributed by atoms with Crippen molar-refractivity contribution in [3.05, 3.63) is 48.2 Å². The number of pyridine rings is 1. The maximum absolute atomic E-state index is 12.3. The Hall–Kier alpha value is -2.14. The maximum atomic E-state index is 12.3. The van der Waals surface area contributed by atoms with Gasteiger partial charge < -0.3 is 5.11 Å². The molecule has 1 aliphatic heterocycles. The minimum absolute atomic E-state index is 0.0538. The summed E-state index contributed by atoms with van der Waals surface area (Å²) >= 11 is 1.43. The number of benzene rings is 1. The number of carbonyl (C=O) groups excluding carboxylic acids is 1. The molecular weight excluding hydrogens is 272 g/mol. The molecule has 0 aliphatic carbocycles. The largest absolute Gasteiger partial charge is 0.508 e. The van der Waals surface area contributed by atoms with E-state index in [-0.39, 0.29) is 16.8 Å². The first-order valence-corrected chi connectivity index (χ1v) is 7.03. The molecule has 0 radical (unpaired) electrons. The van der Waals surface area contributed by atoms with Crippen molar-refractivity contribution < 1.29 is 9.90 Å². The van der Waals surface area contributed by atoms with Crippen molar-refractivity contribution in [2.75, 3.05) is 0 Å². The Labute approximate surface area is 120 Å². The van der Waals surface area contributed by atoms with Gasteiger partial charge in [-0.1, -0.05) is 11.8 Å². The highest BCUT2D eigenvalue weighted by molar-refractivity contribution is 8.02. The van der Waals surface area contributed by atoms with Gasteiger partial charge in [-0.2, -0.15) is 0 Å². The Morgan fingerprint density at radius 2 is 2.05 bits per heavy atom. The number of Topliss-reactive ketones (excluding diaryl/α,β-unsaturated/α-hetero) is 1. The lowest BCUT2D eigenvalue weighted by atomic mass is 10.1. The van der Waals surface area contributed by atoms with E-state index >= 15 is 0 Å². The summed E-state index contributed by atoms with van der Waals surface area (Å²) in [4.78, 5) is 21.0. The number of nitrogens with zero attached hydrogens (tertiary/aromatic N) is 2. The molecule has 5 heteroatoms. The van der Waals surface area contributed by atoms with Gasteiger partial charge in [0.2, 0.25) is 0 Å². The first-order chi connectivity index (χ1) is 9.65. The molecule has 4 nitrogen and oxygen atoms in total. The van der Waals surface area contributed by atoms with Crippen molar-refractivity contribution in [1.82, 2.24) is 4.98 Å². The second-order valence-electron chi connectivity index (χ2n) is 4.49. The number of thioether (sulfide) groups is 1. The number of carbonyl (C=O) groups is 1. The first kappa shape index (κ1) is 12.9. The normalized spacial score (nSPS) is 18.1. The monoisotopic (exact) mass is 284 g/mol. The molecule has 100 valence electrons. The highest BCUT2D eigenvalue weighted by atomic mass is 32.2. The van der Waals surface area contributed by atoms with Gasteiger partial charge in [-0.25, -0.2) is 4.98 Å². The third kappa shape index (κ3) is 2.32. The lowest BCUT2D eigenvalue weighted by Gasteiger charge is -2.06. The highest BCUT2D eigenvalue weighted by Gasteiger charge is 2.34. The Balaban J connectivity index is 1.88. The number of hydrogen-bond donors (Lipinski definition) is 1. The molecule has 0 saturated carbocycles. The number of fused-ring (bicyclic) bond motifs is 1. The SMILES string of the molecule is CC(=Nc1ccc(O)cc1)C1Sc2ncccc2C1=O. The predicted octanol–water partition coefficient (Wildman–Crippen LogP) is 3.24. The third-order valence-electron chi connectivity index (χ3n) is 3.04. The van der Waals surface area contributed by atoms with Crippen LogP contribution in [0, 0.1) is 0 Å². The average Bonchev–Trinajstić information content (AvgIpc) is 2.79. The molecule has 1 aliphatic rings. The molecule has 1 atom stereocenters. The van der Waals surface area contributed by atoms with E-state index in [0.29, 0.717) is 5.56 Å². The van der Waals surface area contributed by atoms with Gasteiger partial charge in [0.15, 0.2) is 5.78 Å². The summed E-state index contributed by atoms with van der Waals surface area (Å²) in [5.74, 6) is 0.252. The van der Waals surface area contributed by atoms with Gasteiger partial charge in [0.25, 0.3) is 0 Å². The van der Waals surface area contributed by atoms with Gasteiger partial charge in [0, 0.05) is 11.9 Å². The molecule has 2 aromatic rings. The van der Waals surface area contributed by atoms with E-state index in [1.807, 2.05) is 6.92 Å². The Morgan fingerprint density at radius 1 is 1.30 bits per heavy atom. The maximum Gasteiger partial charge on any atom is 0.184 e. The quantitative estimate of drug-likeness (QED) is 0.860. The van der Waals surface area contributed by atoms with Crippen LogP contribution < -0.4 is 0 Å². The molecule has 0 fully saturated rings. The van der Waals surface area contributed by atoms with Crippen LogP contribution in [0.2, 0.25) is 0 Å². The van der Waals surface area contributed by atoms with Gasteiger partial charge >= 0.3 is 0 Å². The van der Waals surface area contributed by atoms with E-state index < -0.39 is 0 Å².